The highest BCUT2D eigenvalue weighted by Crippen LogP contribution is 2.26. The van der Waals surface area contributed by atoms with Crippen LogP contribution in [-0.2, 0) is 16.0 Å². The predicted octanol–water partition coefficient (Wildman–Crippen LogP) is 3.06. The number of ether oxygens (including phenoxy) is 1. The van der Waals surface area contributed by atoms with Crippen molar-refractivity contribution in [1.82, 2.24) is 4.98 Å². The minimum absolute atomic E-state index is 0.192. The number of amides is 2. The van der Waals surface area contributed by atoms with Crippen LogP contribution in [0.15, 0.2) is 36.7 Å². The number of halogens is 1. The van der Waals surface area contributed by atoms with Gasteiger partial charge in [-0.25, -0.2) is 9.18 Å². The number of nitrogens with one attached hydrogen (secondary N) is 1. The number of aryl methyl sites for hydroxylation is 2. The molecule has 1 aliphatic heterocycles. The lowest BCUT2D eigenvalue weighted by Gasteiger charge is -2.17. The smallest absolute Gasteiger partial charge is 0.414 e. The van der Waals surface area contributed by atoms with Crippen LogP contribution in [0, 0.1) is 12.7 Å². The van der Waals surface area contributed by atoms with Crippen LogP contribution in [0.4, 0.5) is 20.6 Å². The molecule has 2 heterocycles. The topological polar surface area (TPSA) is 71.5 Å². The maximum absolute atomic E-state index is 13.1. The average Bonchev–Trinajstić information content (AvgIpc) is 3.01. The van der Waals surface area contributed by atoms with E-state index in [-0.39, 0.29) is 18.4 Å². The summed E-state index contributed by atoms with van der Waals surface area (Å²) in [6, 6.07) is 6.74. The first kappa shape index (κ1) is 16.9. The van der Waals surface area contributed by atoms with E-state index in [2.05, 4.69) is 10.3 Å². The largest absolute Gasteiger partial charge is 0.447 e. The Labute approximate surface area is 144 Å². The molecule has 1 aliphatic rings. The van der Waals surface area contributed by atoms with Crippen LogP contribution in [0.2, 0.25) is 0 Å². The zero-order chi connectivity index (χ0) is 17.8. The lowest BCUT2D eigenvalue weighted by Crippen LogP contribution is -2.24. The molecule has 0 spiro atoms. The van der Waals surface area contributed by atoms with Crippen LogP contribution in [-0.4, -0.2) is 30.1 Å². The summed E-state index contributed by atoms with van der Waals surface area (Å²) in [4.78, 5) is 29.2. The van der Waals surface area contributed by atoms with Crippen molar-refractivity contribution in [3.05, 3.63) is 53.6 Å². The van der Waals surface area contributed by atoms with Crippen LogP contribution in [0.3, 0.4) is 0 Å². The van der Waals surface area contributed by atoms with Crippen molar-refractivity contribution < 1.29 is 18.7 Å². The van der Waals surface area contributed by atoms with E-state index < -0.39 is 5.82 Å². The van der Waals surface area contributed by atoms with Crippen LogP contribution in [0.25, 0.3) is 0 Å². The third kappa shape index (κ3) is 4.12. The van der Waals surface area contributed by atoms with Gasteiger partial charge in [-0.1, -0.05) is 6.07 Å². The molecule has 0 bridgehead atoms. The van der Waals surface area contributed by atoms with E-state index in [1.54, 1.807) is 23.2 Å². The monoisotopic (exact) mass is 343 g/mol. The van der Waals surface area contributed by atoms with Crippen molar-refractivity contribution in [1.29, 1.82) is 0 Å². The van der Waals surface area contributed by atoms with Gasteiger partial charge in [0, 0.05) is 18.3 Å². The number of carbonyl (C=O) groups is 2. The van der Waals surface area contributed by atoms with Crippen molar-refractivity contribution in [2.24, 2.45) is 0 Å². The quantitative estimate of drug-likeness (QED) is 0.906. The Bertz CT molecular complexity index is 810. The molecule has 1 fully saturated rings. The summed E-state index contributed by atoms with van der Waals surface area (Å²) >= 11 is 0. The predicted molar refractivity (Wildman–Crippen MR) is 91.0 cm³/mol. The summed E-state index contributed by atoms with van der Waals surface area (Å²) in [7, 11) is 0. The number of aromatic nitrogens is 1. The fourth-order valence-corrected chi connectivity index (χ4v) is 2.66. The molecule has 7 heteroatoms. The molecule has 0 radical (unpaired) electrons. The molecular weight excluding hydrogens is 325 g/mol. The number of benzene rings is 1. The fourth-order valence-electron chi connectivity index (χ4n) is 2.66. The molecule has 1 aromatic carbocycles. The fraction of sp³-hybridized carbons (Fsp3) is 0.278. The minimum Gasteiger partial charge on any atom is -0.447 e. The van der Waals surface area contributed by atoms with Gasteiger partial charge in [0.05, 0.1) is 18.4 Å². The third-order valence-electron chi connectivity index (χ3n) is 3.95. The molecule has 0 aliphatic carbocycles. The number of pyridine rings is 1. The van der Waals surface area contributed by atoms with E-state index in [4.69, 9.17) is 4.74 Å². The van der Waals surface area contributed by atoms with Gasteiger partial charge < -0.3 is 10.1 Å². The van der Waals surface area contributed by atoms with E-state index in [1.165, 1.54) is 6.07 Å². The number of rotatable bonds is 5. The maximum Gasteiger partial charge on any atom is 0.414 e. The first-order chi connectivity index (χ1) is 12.0. The molecule has 3 rings (SSSR count). The van der Waals surface area contributed by atoms with E-state index in [1.807, 2.05) is 13.0 Å². The zero-order valence-electron chi connectivity index (χ0n) is 13.8. The highest BCUT2D eigenvalue weighted by atomic mass is 19.1. The second kappa shape index (κ2) is 7.29. The molecule has 2 amide bonds. The van der Waals surface area contributed by atoms with Crippen molar-refractivity contribution in [3.63, 3.8) is 0 Å². The van der Waals surface area contributed by atoms with Crippen LogP contribution >= 0.6 is 0 Å². The van der Waals surface area contributed by atoms with Crippen LogP contribution < -0.4 is 10.2 Å². The Hall–Kier alpha value is -2.96. The Morgan fingerprint density at radius 2 is 2.20 bits per heavy atom. The van der Waals surface area contributed by atoms with E-state index >= 15 is 0 Å². The van der Waals surface area contributed by atoms with Crippen molar-refractivity contribution >= 4 is 23.4 Å². The molecular formula is C18H18FN3O3. The lowest BCUT2D eigenvalue weighted by molar-refractivity contribution is -0.116. The summed E-state index contributed by atoms with van der Waals surface area (Å²) in [5, 5.41) is 2.80. The Balaban J connectivity index is 1.64. The first-order valence-corrected chi connectivity index (χ1v) is 7.97. The van der Waals surface area contributed by atoms with Crippen LogP contribution in [0.5, 0.6) is 0 Å². The van der Waals surface area contributed by atoms with Gasteiger partial charge in [0.1, 0.15) is 12.4 Å². The van der Waals surface area contributed by atoms with Gasteiger partial charge in [-0.05, 0) is 42.7 Å². The Morgan fingerprint density at radius 3 is 2.92 bits per heavy atom. The molecule has 0 atom stereocenters. The number of hydrogen-bond acceptors (Lipinski definition) is 4. The van der Waals surface area contributed by atoms with Crippen molar-refractivity contribution in [3.8, 4) is 0 Å². The molecule has 6 nitrogen and oxygen atoms in total. The number of anilines is 2. The summed E-state index contributed by atoms with van der Waals surface area (Å²) in [5.74, 6) is -0.610. The summed E-state index contributed by atoms with van der Waals surface area (Å²) in [6.45, 7) is 2.74. The summed E-state index contributed by atoms with van der Waals surface area (Å²) in [6.07, 6.45) is 2.89. The second-order valence-electron chi connectivity index (χ2n) is 5.83. The molecule has 1 N–H and O–H groups in total. The van der Waals surface area contributed by atoms with Gasteiger partial charge >= 0.3 is 6.09 Å². The third-order valence-corrected chi connectivity index (χ3v) is 3.95. The number of carbonyl (C=O) groups excluding carboxylic acids is 2. The SMILES string of the molecule is Cc1ccc(NC(=O)CCc2cncc(F)c2)cc1N1CCOC1=O. The van der Waals surface area contributed by atoms with Gasteiger partial charge in [0.25, 0.3) is 0 Å². The van der Waals surface area contributed by atoms with E-state index in [0.29, 0.717) is 30.8 Å². The maximum atomic E-state index is 13.1. The molecule has 130 valence electrons. The van der Waals surface area contributed by atoms with Crippen molar-refractivity contribution in [2.75, 3.05) is 23.4 Å². The molecule has 25 heavy (non-hydrogen) atoms. The average molecular weight is 343 g/mol. The summed E-state index contributed by atoms with van der Waals surface area (Å²) < 4.78 is 18.1. The van der Waals surface area contributed by atoms with Gasteiger partial charge in [0.15, 0.2) is 0 Å². The summed E-state index contributed by atoms with van der Waals surface area (Å²) in [5.41, 5.74) is 2.90. The standard InChI is InChI=1S/C18H18FN3O3/c1-12-2-4-15(9-16(12)22-6-7-25-18(22)24)21-17(23)5-3-13-8-14(19)11-20-10-13/h2,4,8-11H,3,5-7H2,1H3,(H,21,23). The highest BCUT2D eigenvalue weighted by molar-refractivity contribution is 5.94. The Kier molecular flexibility index (Phi) is 4.92. The second-order valence-corrected chi connectivity index (χ2v) is 5.83. The van der Waals surface area contributed by atoms with Gasteiger partial charge in [-0.3, -0.25) is 14.7 Å². The molecule has 2 aromatic rings. The van der Waals surface area contributed by atoms with Gasteiger partial charge in [-0.15, -0.1) is 0 Å². The molecule has 0 saturated carbocycles. The van der Waals surface area contributed by atoms with E-state index in [9.17, 15) is 14.0 Å². The van der Waals surface area contributed by atoms with Gasteiger partial charge in [0.2, 0.25) is 5.91 Å². The number of hydrogen-bond donors (Lipinski definition) is 1. The highest BCUT2D eigenvalue weighted by Gasteiger charge is 2.25. The number of cyclic esters (lactones) is 1. The van der Waals surface area contributed by atoms with Crippen LogP contribution in [0.1, 0.15) is 17.5 Å². The van der Waals surface area contributed by atoms with Crippen molar-refractivity contribution in [2.45, 2.75) is 19.8 Å². The molecule has 0 unspecified atom stereocenters. The van der Waals surface area contributed by atoms with E-state index in [0.717, 1.165) is 17.4 Å². The minimum atomic E-state index is -0.418. The van der Waals surface area contributed by atoms with Gasteiger partial charge in [-0.2, -0.15) is 0 Å². The zero-order valence-corrected chi connectivity index (χ0v) is 13.8. The molecule has 1 saturated heterocycles. The first-order valence-electron chi connectivity index (χ1n) is 7.97. The normalized spacial score (nSPS) is 13.7. The number of nitrogens with zero attached hydrogens (tertiary/aromatic N) is 2. The molecule has 1 aromatic heterocycles. The Morgan fingerprint density at radius 1 is 1.36 bits per heavy atom. The lowest BCUT2D eigenvalue weighted by atomic mass is 10.1.